The van der Waals surface area contributed by atoms with Crippen molar-refractivity contribution < 1.29 is 14.3 Å². The van der Waals surface area contributed by atoms with Gasteiger partial charge in [-0.25, -0.2) is 9.59 Å². The molecule has 1 rings (SSSR count). The fourth-order valence-electron chi connectivity index (χ4n) is 0.848. The number of cyclic esters (lactones) is 2. The van der Waals surface area contributed by atoms with Gasteiger partial charge < -0.3 is 10.1 Å². The number of rotatable bonds is 2. The van der Waals surface area contributed by atoms with Gasteiger partial charge in [-0.15, -0.1) is 0 Å². The molecule has 0 aliphatic carbocycles. The Morgan fingerprint density at radius 1 is 1.57 bits per heavy atom. The van der Waals surface area contributed by atoms with Crippen molar-refractivity contribution in [1.29, 1.82) is 0 Å². The van der Waals surface area contributed by atoms with Crippen molar-refractivity contribution in [3.05, 3.63) is 36.5 Å². The molecule has 0 aromatic heterocycles. The fraction of sp³-hybridized carbons (Fsp3) is 0.111. The standard InChI is InChI=1S/C9H8INO3/c1-3-5(2)4-6-7(10)11-9(13)14-8(6)12/h3-4,7H,1-2H2,(H,11,13)/b6-4+. The molecule has 1 aliphatic heterocycles. The number of esters is 1. The number of amides is 1. The summed E-state index contributed by atoms with van der Waals surface area (Å²) >= 11 is 1.92. The molecule has 74 valence electrons. The summed E-state index contributed by atoms with van der Waals surface area (Å²) in [6.07, 6.45) is 2.32. The molecule has 1 aliphatic rings. The lowest BCUT2D eigenvalue weighted by molar-refractivity contribution is -0.134. The number of alkyl halides is 1. The molecule has 1 unspecified atom stereocenters. The second-order valence-electron chi connectivity index (χ2n) is 2.56. The average Bonchev–Trinajstić information content (AvgIpc) is 2.10. The molecular weight excluding hydrogens is 297 g/mol. The Hall–Kier alpha value is -1.11. The number of alkyl carbamates (subject to hydrolysis) is 1. The predicted molar refractivity (Wildman–Crippen MR) is 59.9 cm³/mol. The topological polar surface area (TPSA) is 55.4 Å². The van der Waals surface area contributed by atoms with E-state index in [2.05, 4.69) is 23.2 Å². The van der Waals surface area contributed by atoms with Crippen molar-refractivity contribution in [3.63, 3.8) is 0 Å². The van der Waals surface area contributed by atoms with Gasteiger partial charge in [0, 0.05) is 0 Å². The summed E-state index contributed by atoms with van der Waals surface area (Å²) in [7, 11) is 0. The normalized spacial score (nSPS) is 24.1. The lowest BCUT2D eigenvalue weighted by Gasteiger charge is -2.19. The van der Waals surface area contributed by atoms with Gasteiger partial charge in [0.2, 0.25) is 0 Å². The molecular formula is C9H8INO3. The monoisotopic (exact) mass is 305 g/mol. The van der Waals surface area contributed by atoms with Gasteiger partial charge in [-0.1, -0.05) is 41.8 Å². The molecule has 0 radical (unpaired) electrons. The molecule has 0 aromatic carbocycles. The maximum absolute atomic E-state index is 11.2. The zero-order chi connectivity index (χ0) is 10.7. The minimum absolute atomic E-state index is 0.357. The second-order valence-corrected chi connectivity index (χ2v) is 3.81. The van der Waals surface area contributed by atoms with Gasteiger partial charge in [0.1, 0.15) is 4.05 Å². The summed E-state index contributed by atoms with van der Waals surface area (Å²) in [4.78, 5) is 22.0. The predicted octanol–water partition coefficient (Wildman–Crippen LogP) is 1.68. The van der Waals surface area contributed by atoms with Crippen LogP contribution in [0.5, 0.6) is 0 Å². The van der Waals surface area contributed by atoms with Crippen LogP contribution in [0.1, 0.15) is 0 Å². The average molecular weight is 305 g/mol. The molecule has 0 spiro atoms. The SMILES string of the molecule is C=CC(=C)/C=C1/C(=O)OC(=O)NC1I. The largest absolute Gasteiger partial charge is 0.416 e. The number of nitrogens with one attached hydrogen (secondary N) is 1. The van der Waals surface area contributed by atoms with Gasteiger partial charge in [0.25, 0.3) is 0 Å². The molecule has 14 heavy (non-hydrogen) atoms. The van der Waals surface area contributed by atoms with Crippen molar-refractivity contribution in [3.8, 4) is 0 Å². The van der Waals surface area contributed by atoms with E-state index < -0.39 is 16.1 Å². The third-order valence-corrected chi connectivity index (χ3v) is 2.52. The summed E-state index contributed by atoms with van der Waals surface area (Å²) in [6.45, 7) is 7.14. The highest BCUT2D eigenvalue weighted by Crippen LogP contribution is 2.18. The molecule has 4 nitrogen and oxygen atoms in total. The first-order valence-corrected chi connectivity index (χ1v) is 4.99. The maximum Gasteiger partial charge on any atom is 0.416 e. The van der Waals surface area contributed by atoms with Crippen molar-refractivity contribution >= 4 is 34.7 Å². The van der Waals surface area contributed by atoms with Gasteiger partial charge in [-0.2, -0.15) is 0 Å². The van der Waals surface area contributed by atoms with Crippen LogP contribution in [0.25, 0.3) is 0 Å². The summed E-state index contributed by atoms with van der Waals surface area (Å²) in [5, 5.41) is 2.45. The summed E-state index contributed by atoms with van der Waals surface area (Å²) in [5.74, 6) is -0.642. The van der Waals surface area contributed by atoms with Crippen molar-refractivity contribution in [2.75, 3.05) is 0 Å². The van der Waals surface area contributed by atoms with Crippen LogP contribution in [0.3, 0.4) is 0 Å². The van der Waals surface area contributed by atoms with Crippen molar-refractivity contribution in [2.45, 2.75) is 4.05 Å². The summed E-state index contributed by atoms with van der Waals surface area (Å²) < 4.78 is 3.99. The molecule has 1 heterocycles. The third-order valence-electron chi connectivity index (χ3n) is 1.54. The van der Waals surface area contributed by atoms with Crippen LogP contribution < -0.4 is 5.32 Å². The molecule has 1 amide bonds. The summed E-state index contributed by atoms with van der Waals surface area (Å²) in [5.41, 5.74) is 0.949. The van der Waals surface area contributed by atoms with Crippen LogP contribution in [0, 0.1) is 0 Å². The molecule has 1 fully saturated rings. The van der Waals surface area contributed by atoms with Crippen LogP contribution in [-0.4, -0.2) is 16.1 Å². The Labute approximate surface area is 94.8 Å². The van der Waals surface area contributed by atoms with E-state index in [9.17, 15) is 9.59 Å². The van der Waals surface area contributed by atoms with Crippen LogP contribution in [0.15, 0.2) is 36.5 Å². The molecule has 0 bridgehead atoms. The number of allylic oxidation sites excluding steroid dienone is 3. The molecule has 1 atom stereocenters. The van der Waals surface area contributed by atoms with Gasteiger partial charge in [0.15, 0.2) is 0 Å². The number of carbonyl (C=O) groups excluding carboxylic acids is 2. The summed E-state index contributed by atoms with van der Waals surface area (Å²) in [6, 6.07) is 0. The van der Waals surface area contributed by atoms with E-state index in [1.165, 1.54) is 12.2 Å². The fourth-order valence-corrected chi connectivity index (χ4v) is 1.54. The van der Waals surface area contributed by atoms with Crippen LogP contribution in [-0.2, 0) is 9.53 Å². The van der Waals surface area contributed by atoms with E-state index in [1.54, 1.807) is 0 Å². The second kappa shape index (κ2) is 4.41. The molecule has 5 heteroatoms. The number of ether oxygens (including phenoxy) is 1. The van der Waals surface area contributed by atoms with Crippen LogP contribution in [0.2, 0.25) is 0 Å². The molecule has 1 N–H and O–H groups in total. The van der Waals surface area contributed by atoms with E-state index >= 15 is 0 Å². The lowest BCUT2D eigenvalue weighted by atomic mass is 10.1. The van der Waals surface area contributed by atoms with Gasteiger partial charge >= 0.3 is 12.1 Å². The molecule has 0 aromatic rings. The Morgan fingerprint density at radius 2 is 2.21 bits per heavy atom. The Morgan fingerprint density at radius 3 is 2.71 bits per heavy atom. The van der Waals surface area contributed by atoms with E-state index in [-0.39, 0.29) is 0 Å². The first-order valence-electron chi connectivity index (χ1n) is 3.74. The zero-order valence-electron chi connectivity index (χ0n) is 7.25. The first-order chi connectivity index (χ1) is 6.54. The first kappa shape index (κ1) is 11.0. The minimum atomic E-state index is -0.726. The Balaban J connectivity index is 2.92. The highest BCUT2D eigenvalue weighted by molar-refractivity contribution is 14.1. The van der Waals surface area contributed by atoms with E-state index in [4.69, 9.17) is 0 Å². The smallest absolute Gasteiger partial charge is 0.373 e. The Kier molecular flexibility index (Phi) is 3.45. The highest BCUT2D eigenvalue weighted by atomic mass is 127. The van der Waals surface area contributed by atoms with Crippen molar-refractivity contribution in [1.82, 2.24) is 5.32 Å². The van der Waals surface area contributed by atoms with Gasteiger partial charge in [-0.3, -0.25) is 0 Å². The number of hydrogen-bond donors (Lipinski definition) is 1. The number of carbonyl (C=O) groups is 2. The van der Waals surface area contributed by atoms with E-state index in [1.807, 2.05) is 22.6 Å². The maximum atomic E-state index is 11.2. The van der Waals surface area contributed by atoms with Crippen LogP contribution in [0.4, 0.5) is 4.79 Å². The third kappa shape index (κ3) is 2.44. The van der Waals surface area contributed by atoms with Crippen LogP contribution >= 0.6 is 22.6 Å². The number of halogens is 1. The zero-order valence-corrected chi connectivity index (χ0v) is 9.41. The minimum Gasteiger partial charge on any atom is -0.373 e. The molecule has 0 saturated carbocycles. The molecule has 1 saturated heterocycles. The van der Waals surface area contributed by atoms with Gasteiger partial charge in [0.05, 0.1) is 5.57 Å². The van der Waals surface area contributed by atoms with Gasteiger partial charge in [-0.05, 0) is 11.6 Å². The van der Waals surface area contributed by atoms with E-state index in [0.29, 0.717) is 11.1 Å². The lowest BCUT2D eigenvalue weighted by Crippen LogP contribution is -2.42. The Bertz CT molecular complexity index is 346. The highest BCUT2D eigenvalue weighted by Gasteiger charge is 2.29. The quantitative estimate of drug-likeness (QED) is 0.161. The van der Waals surface area contributed by atoms with Crippen molar-refractivity contribution in [2.24, 2.45) is 0 Å². The van der Waals surface area contributed by atoms with E-state index in [0.717, 1.165) is 0 Å². The number of hydrogen-bond acceptors (Lipinski definition) is 3.